The van der Waals surface area contributed by atoms with E-state index in [0.717, 1.165) is 60.0 Å². The van der Waals surface area contributed by atoms with Gasteiger partial charge in [0.15, 0.2) is 0 Å². The molecule has 0 saturated heterocycles. The van der Waals surface area contributed by atoms with Gasteiger partial charge in [0.05, 0.1) is 23.2 Å². The van der Waals surface area contributed by atoms with Crippen LogP contribution >= 0.6 is 0 Å². The number of benzene rings is 2. The van der Waals surface area contributed by atoms with E-state index in [9.17, 15) is 9.90 Å². The normalized spacial score (nSPS) is 19.0. The molecule has 1 aliphatic carbocycles. The molecule has 32 heavy (non-hydrogen) atoms. The van der Waals surface area contributed by atoms with Crippen LogP contribution in [0.4, 0.5) is 0 Å². The maximum Gasteiger partial charge on any atom is 0.243 e. The molecule has 0 radical (unpaired) electrons. The number of fused-ring (bicyclic) bond motifs is 1. The first-order valence-corrected chi connectivity index (χ1v) is 11.0. The molecule has 1 aliphatic rings. The number of carbonyl (C=O) groups is 1. The van der Waals surface area contributed by atoms with Crippen molar-refractivity contribution in [3.63, 3.8) is 0 Å². The Bertz CT molecular complexity index is 1080. The molecule has 3 aromatic rings. The second-order valence-electron chi connectivity index (χ2n) is 8.62. The van der Waals surface area contributed by atoms with Crippen LogP contribution in [0, 0.1) is 0 Å². The summed E-state index contributed by atoms with van der Waals surface area (Å²) in [7, 11) is 3.95. The zero-order valence-corrected chi connectivity index (χ0v) is 18.5. The van der Waals surface area contributed by atoms with Gasteiger partial charge in [0.25, 0.3) is 0 Å². The van der Waals surface area contributed by atoms with Crippen LogP contribution in [0.1, 0.15) is 25.7 Å². The van der Waals surface area contributed by atoms with Crippen molar-refractivity contribution in [2.45, 2.75) is 37.8 Å². The quantitative estimate of drug-likeness (QED) is 0.491. The zero-order valence-electron chi connectivity index (χ0n) is 18.5. The summed E-state index contributed by atoms with van der Waals surface area (Å²) >= 11 is 0. The molecule has 0 atom stereocenters. The third kappa shape index (κ3) is 5.48. The summed E-state index contributed by atoms with van der Waals surface area (Å²) in [5.74, 6) is 1.02. The van der Waals surface area contributed by atoms with Gasteiger partial charge in [0.1, 0.15) is 11.5 Å². The third-order valence-electron chi connectivity index (χ3n) is 5.78. The molecular weight excluding hydrogens is 404 g/mol. The molecule has 1 saturated carbocycles. The Morgan fingerprint density at radius 3 is 2.66 bits per heavy atom. The van der Waals surface area contributed by atoms with E-state index < -0.39 is 0 Å². The number of nitrogens with zero attached hydrogens (tertiary/aromatic N) is 2. The van der Waals surface area contributed by atoms with Crippen LogP contribution in [0.5, 0.6) is 11.5 Å². The van der Waals surface area contributed by atoms with Gasteiger partial charge in [-0.1, -0.05) is 18.2 Å². The number of aromatic nitrogens is 2. The van der Waals surface area contributed by atoms with Gasteiger partial charge in [-0.15, -0.1) is 0 Å². The van der Waals surface area contributed by atoms with Gasteiger partial charge in [0.2, 0.25) is 5.91 Å². The smallest absolute Gasteiger partial charge is 0.243 e. The summed E-state index contributed by atoms with van der Waals surface area (Å²) in [5.41, 5.74) is 2.91. The standard InChI is InChI=1S/C25H30N4O3/c1-29(2)13-3-4-25(31)27-19-7-11-21(12-8-19)32-24-15-18(14-23-22(24)16-26-28-23)17-5-9-20(30)10-6-17/h3-6,9-10,14-16,19,21,30H,7-8,11-13H2,1-2H3,(H,26,28)(H,27,31)/b4-3+/t19-,21-. The number of ether oxygens (including phenoxy) is 1. The van der Waals surface area contributed by atoms with E-state index in [1.165, 1.54) is 0 Å². The molecule has 0 aliphatic heterocycles. The van der Waals surface area contributed by atoms with Crippen LogP contribution in [0.2, 0.25) is 0 Å². The monoisotopic (exact) mass is 434 g/mol. The summed E-state index contributed by atoms with van der Waals surface area (Å²) in [5, 5.41) is 20.9. The molecule has 1 fully saturated rings. The first-order chi connectivity index (χ1) is 15.5. The molecule has 1 aromatic heterocycles. The van der Waals surface area contributed by atoms with Gasteiger partial charge >= 0.3 is 0 Å². The number of hydrogen-bond donors (Lipinski definition) is 3. The van der Waals surface area contributed by atoms with E-state index in [1.54, 1.807) is 24.4 Å². The Balaban J connectivity index is 1.39. The molecule has 2 aromatic carbocycles. The topological polar surface area (TPSA) is 90.5 Å². The van der Waals surface area contributed by atoms with Crippen molar-refractivity contribution in [2.75, 3.05) is 20.6 Å². The number of carbonyl (C=O) groups excluding carboxylic acids is 1. The fraction of sp³-hybridized carbons (Fsp3) is 0.360. The summed E-state index contributed by atoms with van der Waals surface area (Å²) in [6.45, 7) is 0.750. The Kier molecular flexibility index (Phi) is 6.75. The van der Waals surface area contributed by atoms with Crippen LogP contribution in [0.3, 0.4) is 0 Å². The highest BCUT2D eigenvalue weighted by Crippen LogP contribution is 2.34. The minimum Gasteiger partial charge on any atom is -0.508 e. The highest BCUT2D eigenvalue weighted by Gasteiger charge is 2.24. The molecule has 168 valence electrons. The van der Waals surface area contributed by atoms with Crippen LogP contribution in [0.15, 0.2) is 54.7 Å². The zero-order chi connectivity index (χ0) is 22.5. The molecule has 0 spiro atoms. The van der Waals surface area contributed by atoms with Crippen molar-refractivity contribution < 1.29 is 14.6 Å². The van der Waals surface area contributed by atoms with Gasteiger partial charge in [-0.3, -0.25) is 9.89 Å². The van der Waals surface area contributed by atoms with Crippen LogP contribution in [-0.2, 0) is 4.79 Å². The fourth-order valence-electron chi connectivity index (χ4n) is 4.06. The van der Waals surface area contributed by atoms with Gasteiger partial charge < -0.3 is 20.1 Å². The lowest BCUT2D eigenvalue weighted by molar-refractivity contribution is -0.117. The van der Waals surface area contributed by atoms with Crippen LogP contribution in [0.25, 0.3) is 22.0 Å². The summed E-state index contributed by atoms with van der Waals surface area (Å²) in [6.07, 6.45) is 8.94. The largest absolute Gasteiger partial charge is 0.508 e. The first kappa shape index (κ1) is 21.9. The predicted molar refractivity (Wildman–Crippen MR) is 126 cm³/mol. The third-order valence-corrected chi connectivity index (χ3v) is 5.78. The highest BCUT2D eigenvalue weighted by molar-refractivity contribution is 5.90. The van der Waals surface area contributed by atoms with Gasteiger partial charge in [0, 0.05) is 18.7 Å². The molecule has 7 nitrogen and oxygen atoms in total. The first-order valence-electron chi connectivity index (χ1n) is 11.0. The fourth-order valence-corrected chi connectivity index (χ4v) is 4.06. The van der Waals surface area contributed by atoms with Crippen molar-refractivity contribution in [3.8, 4) is 22.6 Å². The molecule has 0 unspecified atom stereocenters. The SMILES string of the molecule is CN(C)C/C=C/C(=O)N[C@H]1CC[C@H](Oc2cc(-c3ccc(O)cc3)cc3[nH]ncc23)CC1. The van der Waals surface area contributed by atoms with Crippen LogP contribution < -0.4 is 10.1 Å². The molecule has 3 N–H and O–H groups in total. The van der Waals surface area contributed by atoms with Crippen molar-refractivity contribution in [1.82, 2.24) is 20.4 Å². The number of H-pyrrole nitrogens is 1. The van der Waals surface area contributed by atoms with E-state index in [2.05, 4.69) is 15.5 Å². The molecule has 1 heterocycles. The average molecular weight is 435 g/mol. The molecule has 7 heteroatoms. The number of phenols is 1. The van der Waals surface area contributed by atoms with Crippen LogP contribution in [-0.4, -0.2) is 58.9 Å². The number of likely N-dealkylation sites (N-methyl/N-ethyl adjacent to an activating group) is 1. The number of aromatic hydroxyl groups is 1. The molecular formula is C25H30N4O3. The van der Waals surface area contributed by atoms with Gasteiger partial charge in [-0.25, -0.2) is 0 Å². The Morgan fingerprint density at radius 2 is 1.94 bits per heavy atom. The summed E-state index contributed by atoms with van der Waals surface area (Å²) in [4.78, 5) is 14.1. The van der Waals surface area contributed by atoms with Gasteiger partial charge in [-0.05, 0) is 75.2 Å². The lowest BCUT2D eigenvalue weighted by atomic mass is 9.92. The predicted octanol–water partition coefficient (Wildman–Crippen LogP) is 3.86. The number of aromatic amines is 1. The average Bonchev–Trinajstić information content (AvgIpc) is 3.24. The van der Waals surface area contributed by atoms with E-state index in [0.29, 0.717) is 0 Å². The number of phenolic OH excluding ortho intramolecular Hbond substituents is 1. The summed E-state index contributed by atoms with van der Waals surface area (Å²) in [6, 6.07) is 11.4. The van der Waals surface area contributed by atoms with Crippen molar-refractivity contribution in [2.24, 2.45) is 0 Å². The lowest BCUT2D eigenvalue weighted by Gasteiger charge is -2.29. The summed E-state index contributed by atoms with van der Waals surface area (Å²) < 4.78 is 6.42. The minimum absolute atomic E-state index is 0.0297. The minimum atomic E-state index is -0.0297. The highest BCUT2D eigenvalue weighted by atomic mass is 16.5. The van der Waals surface area contributed by atoms with E-state index >= 15 is 0 Å². The maximum atomic E-state index is 12.1. The van der Waals surface area contributed by atoms with Gasteiger partial charge in [-0.2, -0.15) is 5.10 Å². The Labute approximate surface area is 188 Å². The number of rotatable bonds is 7. The van der Waals surface area contributed by atoms with E-state index in [-0.39, 0.29) is 23.8 Å². The maximum absolute atomic E-state index is 12.1. The van der Waals surface area contributed by atoms with Crippen molar-refractivity contribution in [3.05, 3.63) is 54.7 Å². The van der Waals surface area contributed by atoms with E-state index in [4.69, 9.17) is 4.74 Å². The Hall–Kier alpha value is -3.32. The number of amides is 1. The molecule has 4 rings (SSSR count). The number of hydrogen-bond acceptors (Lipinski definition) is 5. The van der Waals surface area contributed by atoms with E-state index in [1.807, 2.05) is 49.3 Å². The second kappa shape index (κ2) is 9.87. The lowest BCUT2D eigenvalue weighted by Crippen LogP contribution is -2.39. The number of nitrogens with one attached hydrogen (secondary N) is 2. The van der Waals surface area contributed by atoms with Crippen molar-refractivity contribution >= 4 is 16.8 Å². The second-order valence-corrected chi connectivity index (χ2v) is 8.62. The molecule has 0 bridgehead atoms. The molecule has 1 amide bonds. The van der Waals surface area contributed by atoms with Crippen molar-refractivity contribution in [1.29, 1.82) is 0 Å². The Morgan fingerprint density at radius 1 is 1.19 bits per heavy atom.